The Balaban J connectivity index is 1.48. The van der Waals surface area contributed by atoms with Crippen molar-refractivity contribution in [1.29, 1.82) is 10.8 Å². The van der Waals surface area contributed by atoms with E-state index in [2.05, 4.69) is 19.3 Å². The third-order valence-corrected chi connectivity index (χ3v) is 6.63. The van der Waals surface area contributed by atoms with Gasteiger partial charge in [-0.3, -0.25) is 15.6 Å². The van der Waals surface area contributed by atoms with Crippen LogP contribution in [0.15, 0.2) is 30.3 Å². The van der Waals surface area contributed by atoms with Gasteiger partial charge in [0.25, 0.3) is 5.91 Å². The Bertz CT molecular complexity index is 1070. The number of benzene rings is 1. The molecule has 0 radical (unpaired) electrons. The zero-order valence-corrected chi connectivity index (χ0v) is 19.5. The Kier molecular flexibility index (Phi) is 7.06. The second kappa shape index (κ2) is 9.98. The van der Waals surface area contributed by atoms with Crippen LogP contribution in [0.2, 0.25) is 0 Å². The molecule has 0 unspecified atom stereocenters. The molecule has 1 aliphatic heterocycles. The quantitative estimate of drug-likeness (QED) is 0.266. The van der Waals surface area contributed by atoms with Gasteiger partial charge in [0.2, 0.25) is 0 Å². The predicted molar refractivity (Wildman–Crippen MR) is 129 cm³/mol. The number of amidine groups is 1. The summed E-state index contributed by atoms with van der Waals surface area (Å²) in [4.78, 5) is 18.7. The van der Waals surface area contributed by atoms with Crippen LogP contribution in [-0.4, -0.2) is 50.9 Å². The summed E-state index contributed by atoms with van der Waals surface area (Å²) in [7, 11) is 0. The molecule has 33 heavy (non-hydrogen) atoms. The molecule has 1 aliphatic carbocycles. The van der Waals surface area contributed by atoms with E-state index in [0.717, 1.165) is 30.4 Å². The van der Waals surface area contributed by atoms with Crippen LogP contribution in [0.1, 0.15) is 53.9 Å². The van der Waals surface area contributed by atoms with Gasteiger partial charge in [-0.1, -0.05) is 6.07 Å². The molecular weight excluding hydrogens is 441 g/mol. The van der Waals surface area contributed by atoms with E-state index in [1.54, 1.807) is 36.4 Å². The maximum Gasteiger partial charge on any atom is 0.259 e. The normalized spacial score (nSPS) is 15.8. The molecule has 4 rings (SSSR count). The highest BCUT2D eigenvalue weighted by molar-refractivity contribution is 7.95. The van der Waals surface area contributed by atoms with Crippen LogP contribution in [0.25, 0.3) is 0 Å². The molecule has 2 heterocycles. The molecular formula is C23H28FN7OS. The smallest absolute Gasteiger partial charge is 0.259 e. The van der Waals surface area contributed by atoms with Crippen LogP contribution in [-0.2, 0) is 13.0 Å². The summed E-state index contributed by atoms with van der Waals surface area (Å²) < 4.78 is 20.4. The molecule has 8 nitrogen and oxygen atoms in total. The van der Waals surface area contributed by atoms with Crippen molar-refractivity contribution < 1.29 is 9.18 Å². The molecule has 1 aromatic carbocycles. The van der Waals surface area contributed by atoms with Crippen LogP contribution < -0.4 is 10.0 Å². The molecule has 0 spiro atoms. The lowest BCUT2D eigenvalue weighted by atomic mass is 9.97. The lowest BCUT2D eigenvalue weighted by molar-refractivity contribution is 0.102. The number of rotatable bonds is 8. The number of nitrogens with one attached hydrogen (secondary N) is 4. The molecule has 10 heteroatoms. The Morgan fingerprint density at radius 2 is 2.12 bits per heavy atom. The molecule has 174 valence electrons. The fourth-order valence-corrected chi connectivity index (χ4v) is 4.50. The van der Waals surface area contributed by atoms with Crippen LogP contribution in [0.3, 0.4) is 0 Å². The van der Waals surface area contributed by atoms with Gasteiger partial charge in [0.05, 0.1) is 11.9 Å². The Morgan fingerprint density at radius 1 is 1.33 bits per heavy atom. The molecule has 1 saturated carbocycles. The third-order valence-electron chi connectivity index (χ3n) is 5.62. The highest BCUT2D eigenvalue weighted by atomic mass is 32.2. The van der Waals surface area contributed by atoms with Crippen molar-refractivity contribution in [1.82, 2.24) is 18.9 Å². The van der Waals surface area contributed by atoms with Crippen molar-refractivity contribution in [3.63, 3.8) is 0 Å². The molecule has 1 aromatic heterocycles. The number of amides is 1. The first kappa shape index (κ1) is 23.3. The first-order valence-corrected chi connectivity index (χ1v) is 11.8. The zero-order valence-electron chi connectivity index (χ0n) is 18.7. The van der Waals surface area contributed by atoms with E-state index < -0.39 is 11.7 Å². The highest BCUT2D eigenvalue weighted by Crippen LogP contribution is 2.28. The maximum absolute atomic E-state index is 14.8. The number of aromatic nitrogens is 1. The van der Waals surface area contributed by atoms with Crippen LogP contribution in [0, 0.1) is 16.6 Å². The minimum absolute atomic E-state index is 0.0265. The summed E-state index contributed by atoms with van der Waals surface area (Å²) in [5.41, 5.74) is 2.16. The summed E-state index contributed by atoms with van der Waals surface area (Å²) in [6.07, 6.45) is 4.22. The number of hydrogen-bond acceptors (Lipinski definition) is 7. The molecule has 4 N–H and O–H groups in total. The van der Waals surface area contributed by atoms with E-state index in [4.69, 9.17) is 10.8 Å². The number of hydrogen-bond donors (Lipinski definition) is 4. The first-order chi connectivity index (χ1) is 15.9. The van der Waals surface area contributed by atoms with E-state index in [0.29, 0.717) is 18.3 Å². The standard InChI is InChI=1S/C23H28FN7OS/c1-14(2)31(13-25)22(26)20-4-3-5-21(27-20)28-23(32)18-10-16-12-30(33-29-17-6-7-17)9-8-15(16)11-19(18)24/h3-5,10-11,13-14,17,25-26,29H,6-9,12H2,1-2H3,(H,27,28,32). The lowest BCUT2D eigenvalue weighted by Crippen LogP contribution is -2.36. The maximum atomic E-state index is 14.8. The van der Waals surface area contributed by atoms with Crippen LogP contribution in [0.5, 0.6) is 0 Å². The molecule has 0 bridgehead atoms. The van der Waals surface area contributed by atoms with E-state index >= 15 is 0 Å². The Hall–Kier alpha value is -2.82. The first-order valence-electron chi connectivity index (χ1n) is 11.0. The molecule has 2 aromatic rings. The van der Waals surface area contributed by atoms with Gasteiger partial charge in [0.1, 0.15) is 17.3 Å². The van der Waals surface area contributed by atoms with Crippen LogP contribution in [0.4, 0.5) is 10.2 Å². The van der Waals surface area contributed by atoms with Gasteiger partial charge < -0.3 is 10.2 Å². The Labute approximate surface area is 197 Å². The monoisotopic (exact) mass is 469 g/mol. The van der Waals surface area contributed by atoms with Crippen LogP contribution >= 0.6 is 12.1 Å². The number of nitrogens with zero attached hydrogens (tertiary/aromatic N) is 3. The average molecular weight is 470 g/mol. The molecule has 2 aliphatic rings. The molecule has 0 saturated heterocycles. The van der Waals surface area contributed by atoms with E-state index in [-0.39, 0.29) is 23.3 Å². The average Bonchev–Trinajstić information content (AvgIpc) is 3.62. The summed E-state index contributed by atoms with van der Waals surface area (Å²) in [5.74, 6) is -0.866. The minimum atomic E-state index is -0.583. The largest absolute Gasteiger partial charge is 0.314 e. The van der Waals surface area contributed by atoms with Gasteiger partial charge >= 0.3 is 0 Å². The van der Waals surface area contributed by atoms with E-state index in [1.807, 2.05) is 13.8 Å². The fourth-order valence-electron chi connectivity index (χ4n) is 3.58. The fraction of sp³-hybridized carbons (Fsp3) is 0.391. The second-order valence-corrected chi connectivity index (χ2v) is 9.47. The number of fused-ring (bicyclic) bond motifs is 1. The number of halogens is 1. The van der Waals surface area contributed by atoms with Crippen molar-refractivity contribution in [2.75, 3.05) is 11.9 Å². The zero-order chi connectivity index (χ0) is 23.5. The number of carbonyl (C=O) groups is 1. The highest BCUT2D eigenvalue weighted by Gasteiger charge is 2.25. The van der Waals surface area contributed by atoms with Crippen molar-refractivity contribution in [3.8, 4) is 0 Å². The number of carbonyl (C=O) groups excluding carboxylic acids is 1. The van der Waals surface area contributed by atoms with Crippen molar-refractivity contribution in [3.05, 3.63) is 58.5 Å². The van der Waals surface area contributed by atoms with E-state index in [9.17, 15) is 9.18 Å². The molecule has 1 fully saturated rings. The van der Waals surface area contributed by atoms with Gasteiger partial charge in [-0.15, -0.1) is 0 Å². The van der Waals surface area contributed by atoms with Gasteiger partial charge in [0, 0.05) is 37.3 Å². The molecule has 1 amide bonds. The predicted octanol–water partition coefficient (Wildman–Crippen LogP) is 3.79. The van der Waals surface area contributed by atoms with Crippen molar-refractivity contribution >= 4 is 36.0 Å². The summed E-state index contributed by atoms with van der Waals surface area (Å²) in [6.45, 7) is 5.20. The van der Waals surface area contributed by atoms with Gasteiger partial charge in [-0.05, 0) is 68.5 Å². The van der Waals surface area contributed by atoms with Gasteiger partial charge in [0.15, 0.2) is 5.84 Å². The van der Waals surface area contributed by atoms with Gasteiger partial charge in [-0.2, -0.15) is 0 Å². The second-order valence-electron chi connectivity index (χ2n) is 8.54. The van der Waals surface area contributed by atoms with Crippen molar-refractivity contribution in [2.24, 2.45) is 0 Å². The summed E-state index contributed by atoms with van der Waals surface area (Å²) in [6, 6.07) is 8.49. The van der Waals surface area contributed by atoms with E-state index in [1.165, 1.54) is 23.8 Å². The lowest BCUT2D eigenvalue weighted by Gasteiger charge is -2.28. The van der Waals surface area contributed by atoms with Crippen molar-refractivity contribution in [2.45, 2.75) is 51.7 Å². The number of anilines is 1. The third kappa shape index (κ3) is 5.58. The summed E-state index contributed by atoms with van der Waals surface area (Å²) in [5, 5.41) is 18.5. The topological polar surface area (TPSA) is 108 Å². The minimum Gasteiger partial charge on any atom is -0.314 e. The summed E-state index contributed by atoms with van der Waals surface area (Å²) >= 11 is 1.60. The Morgan fingerprint density at radius 3 is 2.82 bits per heavy atom. The molecule has 0 atom stereocenters. The SMILES string of the molecule is CC(C)N(C=N)C(=N)c1cccc(NC(=O)c2cc3c(cc2F)CCN(SNC2CC2)C3)n1. The number of pyridine rings is 1. The van der Waals surface area contributed by atoms with Gasteiger partial charge in [-0.25, -0.2) is 18.4 Å².